The van der Waals surface area contributed by atoms with E-state index in [4.69, 9.17) is 11.6 Å². The van der Waals surface area contributed by atoms with Crippen LogP contribution in [-0.2, 0) is 0 Å². The smallest absolute Gasteiger partial charge is 0.262 e. The summed E-state index contributed by atoms with van der Waals surface area (Å²) in [5.41, 5.74) is 2.50. The minimum absolute atomic E-state index is 0.0149. The molecule has 130 valence electrons. The Balaban J connectivity index is 1.89. The van der Waals surface area contributed by atoms with Gasteiger partial charge in [0, 0.05) is 16.9 Å². The van der Waals surface area contributed by atoms with Gasteiger partial charge in [0.2, 0.25) is 0 Å². The molecule has 3 N–H and O–H groups in total. The first-order chi connectivity index (χ1) is 12.6. The highest BCUT2D eigenvalue weighted by Gasteiger charge is 2.34. The number of nitrogens with one attached hydrogen (secondary N) is 1. The fraction of sp³-hybridized carbons (Fsp3) is 0.0500. The summed E-state index contributed by atoms with van der Waals surface area (Å²) >= 11 is 6.03. The number of aromatic hydroxyl groups is 2. The highest BCUT2D eigenvalue weighted by atomic mass is 35.5. The van der Waals surface area contributed by atoms with Gasteiger partial charge >= 0.3 is 0 Å². The van der Waals surface area contributed by atoms with E-state index in [9.17, 15) is 15.0 Å². The monoisotopic (exact) mass is 366 g/mol. The number of para-hydroxylation sites is 2. The van der Waals surface area contributed by atoms with Gasteiger partial charge in [-0.2, -0.15) is 0 Å². The van der Waals surface area contributed by atoms with Crippen molar-refractivity contribution in [2.45, 2.75) is 6.17 Å². The zero-order valence-corrected chi connectivity index (χ0v) is 14.3. The summed E-state index contributed by atoms with van der Waals surface area (Å²) in [6, 6.07) is 19.4. The molecule has 0 spiro atoms. The molecule has 3 aromatic rings. The van der Waals surface area contributed by atoms with Crippen LogP contribution >= 0.6 is 11.6 Å². The summed E-state index contributed by atoms with van der Waals surface area (Å²) in [7, 11) is 0. The van der Waals surface area contributed by atoms with E-state index < -0.39 is 6.17 Å². The first kappa shape index (κ1) is 16.3. The van der Waals surface area contributed by atoms with Gasteiger partial charge in [-0.25, -0.2) is 0 Å². The van der Waals surface area contributed by atoms with E-state index in [-0.39, 0.29) is 22.4 Å². The molecule has 0 fully saturated rings. The lowest BCUT2D eigenvalue weighted by Crippen LogP contribution is -2.43. The van der Waals surface area contributed by atoms with Crippen LogP contribution in [-0.4, -0.2) is 16.1 Å². The van der Waals surface area contributed by atoms with Gasteiger partial charge < -0.3 is 15.5 Å². The zero-order chi connectivity index (χ0) is 18.3. The van der Waals surface area contributed by atoms with Gasteiger partial charge in [0.1, 0.15) is 6.17 Å². The third-order valence-corrected chi connectivity index (χ3v) is 4.63. The topological polar surface area (TPSA) is 72.8 Å². The van der Waals surface area contributed by atoms with Crippen LogP contribution in [0.5, 0.6) is 11.5 Å². The Morgan fingerprint density at radius 3 is 2.38 bits per heavy atom. The number of hydrogen-bond acceptors (Lipinski definition) is 4. The number of amides is 1. The van der Waals surface area contributed by atoms with Gasteiger partial charge in [-0.05, 0) is 36.4 Å². The van der Waals surface area contributed by atoms with Gasteiger partial charge in [-0.1, -0.05) is 41.9 Å². The van der Waals surface area contributed by atoms with E-state index in [2.05, 4.69) is 5.32 Å². The van der Waals surface area contributed by atoms with Gasteiger partial charge in [0.05, 0.1) is 10.6 Å². The van der Waals surface area contributed by atoms with Crippen molar-refractivity contribution in [2.24, 2.45) is 0 Å². The number of carbonyl (C=O) groups excluding carboxylic acids is 1. The maximum absolute atomic E-state index is 13.2. The molecule has 1 aliphatic heterocycles. The Morgan fingerprint density at radius 1 is 0.962 bits per heavy atom. The van der Waals surface area contributed by atoms with Crippen LogP contribution in [0.25, 0.3) is 0 Å². The molecule has 0 radical (unpaired) electrons. The fourth-order valence-electron chi connectivity index (χ4n) is 3.10. The molecule has 0 unspecified atom stereocenters. The molecule has 0 bridgehead atoms. The van der Waals surface area contributed by atoms with Crippen LogP contribution in [0.4, 0.5) is 11.4 Å². The number of rotatable bonds is 2. The molecule has 1 heterocycles. The van der Waals surface area contributed by atoms with Crippen LogP contribution in [0, 0.1) is 0 Å². The normalized spacial score (nSPS) is 16.1. The van der Waals surface area contributed by atoms with E-state index in [1.807, 2.05) is 48.5 Å². The van der Waals surface area contributed by atoms with Crippen molar-refractivity contribution in [3.05, 3.63) is 82.9 Å². The molecule has 1 amide bonds. The SMILES string of the molecule is O=C1c2ccccc2N[C@@H](c2cc(O)c(O)c(Cl)c2)N1c1ccccc1. The maximum atomic E-state index is 13.2. The predicted molar refractivity (Wildman–Crippen MR) is 101 cm³/mol. The quantitative estimate of drug-likeness (QED) is 0.583. The van der Waals surface area contributed by atoms with Gasteiger partial charge in [0.25, 0.3) is 5.91 Å². The van der Waals surface area contributed by atoms with Crippen LogP contribution in [0.1, 0.15) is 22.1 Å². The average Bonchev–Trinajstić information content (AvgIpc) is 2.66. The summed E-state index contributed by atoms with van der Waals surface area (Å²) in [6.07, 6.45) is -0.594. The van der Waals surface area contributed by atoms with Crippen LogP contribution < -0.4 is 10.2 Å². The molecule has 1 atom stereocenters. The molecular weight excluding hydrogens is 352 g/mol. The predicted octanol–water partition coefficient (Wildman–Crippen LogP) is 4.52. The van der Waals surface area contributed by atoms with Gasteiger partial charge in [-0.15, -0.1) is 0 Å². The van der Waals surface area contributed by atoms with E-state index in [1.54, 1.807) is 11.0 Å². The minimum atomic E-state index is -0.594. The second-order valence-electron chi connectivity index (χ2n) is 5.97. The van der Waals surface area contributed by atoms with E-state index in [1.165, 1.54) is 12.1 Å². The summed E-state index contributed by atoms with van der Waals surface area (Å²) in [5, 5.41) is 23.0. The lowest BCUT2D eigenvalue weighted by molar-refractivity contribution is 0.0975. The van der Waals surface area contributed by atoms with Crippen molar-refractivity contribution >= 4 is 28.9 Å². The number of hydrogen-bond donors (Lipinski definition) is 3. The first-order valence-electron chi connectivity index (χ1n) is 8.02. The third kappa shape index (κ3) is 2.62. The second-order valence-corrected chi connectivity index (χ2v) is 6.38. The number of carbonyl (C=O) groups is 1. The van der Waals surface area contributed by atoms with E-state index >= 15 is 0 Å². The van der Waals surface area contributed by atoms with E-state index in [0.29, 0.717) is 22.5 Å². The molecular formula is C20H15ClN2O3. The standard InChI is InChI=1S/C20H15ClN2O3/c21-15-10-12(11-17(24)18(15)25)19-22-16-9-5-4-8-14(16)20(26)23(19)13-6-2-1-3-7-13/h1-11,19,22,24-25H/t19-/m1/s1. The third-order valence-electron chi connectivity index (χ3n) is 4.34. The molecule has 0 aliphatic carbocycles. The van der Waals surface area contributed by atoms with Crippen molar-refractivity contribution in [1.29, 1.82) is 0 Å². The molecule has 26 heavy (non-hydrogen) atoms. The van der Waals surface area contributed by atoms with Crippen molar-refractivity contribution in [2.75, 3.05) is 10.2 Å². The zero-order valence-electron chi connectivity index (χ0n) is 13.6. The Bertz CT molecular complexity index is 968. The minimum Gasteiger partial charge on any atom is -0.504 e. The Morgan fingerprint density at radius 2 is 1.65 bits per heavy atom. The number of anilines is 2. The summed E-state index contributed by atoms with van der Waals surface area (Å²) in [6.45, 7) is 0. The number of phenolic OH excluding ortho intramolecular Hbond substituents is 2. The van der Waals surface area contributed by atoms with Crippen molar-refractivity contribution in [3.63, 3.8) is 0 Å². The molecule has 0 aromatic heterocycles. The molecule has 6 heteroatoms. The second kappa shape index (κ2) is 6.28. The summed E-state index contributed by atoms with van der Waals surface area (Å²) < 4.78 is 0. The summed E-state index contributed by atoms with van der Waals surface area (Å²) in [4.78, 5) is 14.8. The Labute approximate surface area is 155 Å². The first-order valence-corrected chi connectivity index (χ1v) is 8.39. The molecule has 0 saturated carbocycles. The Kier molecular flexibility index (Phi) is 3.93. The van der Waals surface area contributed by atoms with Crippen molar-refractivity contribution < 1.29 is 15.0 Å². The lowest BCUT2D eigenvalue weighted by atomic mass is 10.0. The average molecular weight is 367 g/mol. The van der Waals surface area contributed by atoms with Gasteiger partial charge in [0.15, 0.2) is 11.5 Å². The molecule has 4 rings (SSSR count). The molecule has 3 aromatic carbocycles. The lowest BCUT2D eigenvalue weighted by Gasteiger charge is -2.38. The molecule has 0 saturated heterocycles. The largest absolute Gasteiger partial charge is 0.504 e. The van der Waals surface area contributed by atoms with Gasteiger partial charge in [-0.3, -0.25) is 9.69 Å². The van der Waals surface area contributed by atoms with Crippen LogP contribution in [0.3, 0.4) is 0 Å². The molecule has 1 aliphatic rings. The highest BCUT2D eigenvalue weighted by molar-refractivity contribution is 6.32. The maximum Gasteiger partial charge on any atom is 0.262 e. The van der Waals surface area contributed by atoms with Crippen LogP contribution in [0.2, 0.25) is 5.02 Å². The number of halogens is 1. The number of phenols is 2. The number of fused-ring (bicyclic) bond motifs is 1. The van der Waals surface area contributed by atoms with Crippen molar-refractivity contribution in [3.8, 4) is 11.5 Å². The highest BCUT2D eigenvalue weighted by Crippen LogP contribution is 2.41. The molecule has 5 nitrogen and oxygen atoms in total. The van der Waals surface area contributed by atoms with E-state index in [0.717, 1.165) is 0 Å². The van der Waals surface area contributed by atoms with Crippen molar-refractivity contribution in [1.82, 2.24) is 0 Å². The summed E-state index contributed by atoms with van der Waals surface area (Å²) in [5.74, 6) is -0.892. The fourth-order valence-corrected chi connectivity index (χ4v) is 3.33. The number of benzene rings is 3. The van der Waals surface area contributed by atoms with Crippen LogP contribution in [0.15, 0.2) is 66.7 Å². The Hall–Kier alpha value is -3.18. The number of nitrogens with zero attached hydrogens (tertiary/aromatic N) is 1.